The smallest absolute Gasteiger partial charge is 0.268 e. The maximum Gasteiger partial charge on any atom is 0.268 e. The first-order chi connectivity index (χ1) is 38.5. The van der Waals surface area contributed by atoms with Crippen LogP contribution in [0.5, 0.6) is 0 Å². The molecule has 344 valence electrons. The molecule has 0 spiro atoms. The molecule has 13 aromatic rings. The number of benzene rings is 9. The Morgan fingerprint density at radius 3 is 1.86 bits per heavy atom. The summed E-state index contributed by atoms with van der Waals surface area (Å²) in [7, 11) is 0. The van der Waals surface area contributed by atoms with Gasteiger partial charge < -0.3 is 18.1 Å². The van der Waals surface area contributed by atoms with Crippen LogP contribution in [0.25, 0.3) is 111 Å². The molecule has 0 atom stereocenters. The second-order valence-corrected chi connectivity index (χ2v) is 18.1. The molecule has 0 aliphatic rings. The summed E-state index contributed by atoms with van der Waals surface area (Å²) in [4.78, 5) is 4.98. The molecule has 4 heterocycles. The summed E-state index contributed by atoms with van der Waals surface area (Å²) in [6.45, 7) is 6.56. The predicted molar refractivity (Wildman–Crippen MR) is 285 cm³/mol. The van der Waals surface area contributed by atoms with Crippen LogP contribution in [0.2, 0.25) is 0 Å². The Bertz CT molecular complexity index is 4710. The van der Waals surface area contributed by atoms with E-state index in [1.54, 1.807) is 27.3 Å². The molecule has 71 heavy (non-hydrogen) atoms. The number of hydrogen-bond donors (Lipinski definition) is 0. The van der Waals surface area contributed by atoms with Crippen molar-refractivity contribution in [1.82, 2.24) is 18.7 Å². The summed E-state index contributed by atoms with van der Waals surface area (Å²) < 4.78 is 103. The fourth-order valence-corrected chi connectivity index (χ4v) is 9.62. The molecule has 0 fully saturated rings. The average Bonchev–Trinajstić information content (AvgIpc) is 4.16. The number of imidazole rings is 1. The minimum absolute atomic E-state index is 0. The van der Waals surface area contributed by atoms with Crippen LogP contribution in [-0.4, -0.2) is 18.7 Å². The Morgan fingerprint density at radius 2 is 1.13 bits per heavy atom. The van der Waals surface area contributed by atoms with Crippen LogP contribution in [0.15, 0.2) is 223 Å². The van der Waals surface area contributed by atoms with E-state index >= 15 is 0 Å². The van der Waals surface area contributed by atoms with Crippen molar-refractivity contribution in [2.45, 2.75) is 26.2 Å². The van der Waals surface area contributed by atoms with Crippen molar-refractivity contribution in [2.24, 2.45) is 0 Å². The molecular formula is C64H45N5OPt-2. The van der Waals surface area contributed by atoms with E-state index in [0.717, 1.165) is 44.0 Å². The van der Waals surface area contributed by atoms with Crippen molar-refractivity contribution in [3.05, 3.63) is 242 Å². The van der Waals surface area contributed by atoms with Crippen molar-refractivity contribution >= 4 is 65.8 Å². The fraction of sp³-hybridized carbons (Fsp3) is 0.0625. The Labute approximate surface area is 440 Å². The van der Waals surface area contributed by atoms with Crippen LogP contribution in [0.3, 0.4) is 0 Å². The number of hydrogen-bond acceptors (Lipinski definition) is 2. The quantitative estimate of drug-likeness (QED) is 0.123. The van der Waals surface area contributed by atoms with Crippen LogP contribution < -0.4 is 4.57 Å². The summed E-state index contributed by atoms with van der Waals surface area (Å²) in [5.41, 5.74) is 7.81. The third-order valence-corrected chi connectivity index (χ3v) is 12.9. The van der Waals surface area contributed by atoms with Gasteiger partial charge in [-0.2, -0.15) is 24.3 Å². The number of pyridine rings is 1. The van der Waals surface area contributed by atoms with Gasteiger partial charge in [0.25, 0.3) is 6.33 Å². The molecule has 0 saturated heterocycles. The standard InChI is InChI=1S/C64H45N5O.Pt/c1-64(2,3)45-36-37-65-62(38-45)69-54-30-12-10-26-50(54)52-40-53-51-27-11-16-34-60(51)70-61-35-17-15-33-57(61)68(58(53)41-59(52)69)47-25-18-24-46(39-47)66-42-67(56-32-14-13-31-55(56)66)63-48(43-20-6-4-7-21-43)28-19-29-49(63)44-22-8-5-9-23-44;/h4-38,40H,1-3H3;/q-2;/i4D,5D,6D,7D,8D,9D,20D,21D,22D,23D;. The number of fused-ring (bicyclic) bond motifs is 8. The third kappa shape index (κ3) is 7.46. The molecular weight excluding hydrogens is 1050 g/mol. The second-order valence-electron chi connectivity index (χ2n) is 18.1. The molecule has 7 heteroatoms. The number of nitrogens with zero attached hydrogens (tertiary/aromatic N) is 5. The fourth-order valence-electron chi connectivity index (χ4n) is 9.62. The second kappa shape index (κ2) is 17.6. The molecule has 0 bridgehead atoms. The van der Waals surface area contributed by atoms with Crippen molar-refractivity contribution < 1.29 is 43.8 Å². The largest absolute Gasteiger partial charge is 0.456 e. The summed E-state index contributed by atoms with van der Waals surface area (Å²) in [5, 5.41) is 3.69. The third-order valence-electron chi connectivity index (χ3n) is 12.9. The number of rotatable bonds is 6. The van der Waals surface area contributed by atoms with E-state index in [2.05, 4.69) is 78.7 Å². The summed E-state index contributed by atoms with van der Waals surface area (Å²) >= 11 is 0. The molecule has 13 rings (SSSR count). The first-order valence-corrected chi connectivity index (χ1v) is 22.9. The van der Waals surface area contributed by atoms with Crippen LogP contribution >= 0.6 is 0 Å². The van der Waals surface area contributed by atoms with Crippen molar-refractivity contribution in [2.75, 3.05) is 0 Å². The van der Waals surface area contributed by atoms with Crippen molar-refractivity contribution in [3.8, 4) is 45.1 Å². The van der Waals surface area contributed by atoms with E-state index in [0.29, 0.717) is 44.6 Å². The van der Waals surface area contributed by atoms with Gasteiger partial charge in [-0.15, -0.1) is 17.5 Å². The van der Waals surface area contributed by atoms with Crippen LogP contribution in [0.1, 0.15) is 40.0 Å². The van der Waals surface area contributed by atoms with Gasteiger partial charge in [-0.3, -0.25) is 4.57 Å². The topological polar surface area (TPSA) is 44.7 Å². The maximum absolute atomic E-state index is 9.16. The van der Waals surface area contributed by atoms with Crippen molar-refractivity contribution in [3.63, 3.8) is 0 Å². The summed E-state index contributed by atoms with van der Waals surface area (Å²) in [6.07, 6.45) is 5.38. The monoisotopic (exact) mass is 1100 g/mol. The molecule has 9 aromatic carbocycles. The van der Waals surface area contributed by atoms with E-state index < -0.39 is 60.4 Å². The number of aromatic nitrogens is 5. The van der Waals surface area contributed by atoms with Crippen LogP contribution in [0, 0.1) is 18.5 Å². The minimum atomic E-state index is -0.577. The van der Waals surface area contributed by atoms with Gasteiger partial charge in [0.2, 0.25) is 0 Å². The Balaban J connectivity index is 0.00000651. The van der Waals surface area contributed by atoms with Gasteiger partial charge in [-0.05, 0) is 86.1 Å². The van der Waals surface area contributed by atoms with Gasteiger partial charge in [0.15, 0.2) is 5.58 Å². The van der Waals surface area contributed by atoms with Crippen LogP contribution in [0.4, 0.5) is 0 Å². The SMILES string of the molecule is [2H]c1c([2H])c([2H])c(-c2cccc(-c3c([2H])c([2H])c([2H])c([2H])c3[2H])c2-[n+]2[c-]n(-c3[c-]c(-n4c5[c-]c6c(cc5c5ccccc5oc5ccccc54)c4ccccc4n6-c4cc(C(C)(C)C)ccn4)ccc3)c3ccccc32)c([2H])c1[2H].[Pt]. The first kappa shape index (κ1) is 34.1. The van der Waals surface area contributed by atoms with Crippen molar-refractivity contribution in [1.29, 1.82) is 0 Å². The molecule has 0 aliphatic carbocycles. The summed E-state index contributed by atoms with van der Waals surface area (Å²) in [5.74, 6) is 0.751. The van der Waals surface area contributed by atoms with Crippen LogP contribution in [-0.2, 0) is 26.5 Å². The maximum atomic E-state index is 9.16. The molecule has 0 saturated carbocycles. The first-order valence-electron chi connectivity index (χ1n) is 27.9. The van der Waals surface area contributed by atoms with Gasteiger partial charge in [0, 0.05) is 32.8 Å². The van der Waals surface area contributed by atoms with E-state index in [9.17, 15) is 0 Å². The van der Waals surface area contributed by atoms with Gasteiger partial charge in [-0.25, -0.2) is 4.98 Å². The van der Waals surface area contributed by atoms with E-state index in [1.807, 2.05) is 109 Å². The van der Waals surface area contributed by atoms with E-state index in [-0.39, 0.29) is 54.4 Å². The van der Waals surface area contributed by atoms with E-state index in [4.69, 9.17) is 23.1 Å². The average molecular weight is 1110 g/mol. The van der Waals surface area contributed by atoms with E-state index in [1.165, 1.54) is 0 Å². The zero-order valence-corrected chi connectivity index (χ0v) is 40.7. The molecule has 0 amide bonds. The molecule has 0 unspecified atom stereocenters. The zero-order valence-electron chi connectivity index (χ0n) is 48.5. The summed E-state index contributed by atoms with van der Waals surface area (Å²) in [6, 6.07) is 50.8. The zero-order chi connectivity index (χ0) is 55.6. The Morgan fingerprint density at radius 1 is 0.535 bits per heavy atom. The predicted octanol–water partition coefficient (Wildman–Crippen LogP) is 15.4. The minimum Gasteiger partial charge on any atom is -0.456 e. The molecule has 4 aromatic heterocycles. The normalized spacial score (nSPS) is 13.7. The Kier molecular flexibility index (Phi) is 8.43. The number of para-hydroxylation sites is 7. The Hall–Kier alpha value is -8.31. The molecule has 0 aliphatic heterocycles. The van der Waals surface area contributed by atoms with Gasteiger partial charge in [-0.1, -0.05) is 194 Å². The van der Waals surface area contributed by atoms with Gasteiger partial charge in [0.1, 0.15) is 11.4 Å². The molecule has 0 radical (unpaired) electrons. The van der Waals surface area contributed by atoms with Gasteiger partial charge >= 0.3 is 0 Å². The van der Waals surface area contributed by atoms with Gasteiger partial charge in [0.05, 0.1) is 35.9 Å². The molecule has 0 N–H and O–H groups in total. The molecule has 6 nitrogen and oxygen atoms in total.